The van der Waals surface area contributed by atoms with Crippen LogP contribution in [0.3, 0.4) is 0 Å². The van der Waals surface area contributed by atoms with Crippen LogP contribution in [0.15, 0.2) is 47.6 Å². The van der Waals surface area contributed by atoms with E-state index >= 15 is 0 Å². The molecule has 2 fully saturated rings. The van der Waals surface area contributed by atoms with Gasteiger partial charge in [0.2, 0.25) is 0 Å². The van der Waals surface area contributed by atoms with E-state index < -0.39 is 11.5 Å². The normalized spacial score (nSPS) is 18.7. The topological polar surface area (TPSA) is 86.1 Å². The molecule has 1 aliphatic carbocycles. The molecule has 0 atom stereocenters. The maximum absolute atomic E-state index is 12.8. The van der Waals surface area contributed by atoms with Gasteiger partial charge in [-0.15, -0.1) is 0 Å². The van der Waals surface area contributed by atoms with Gasteiger partial charge < -0.3 is 14.9 Å². The van der Waals surface area contributed by atoms with Crippen molar-refractivity contribution in [2.75, 3.05) is 31.1 Å². The van der Waals surface area contributed by atoms with Crippen molar-refractivity contribution in [2.24, 2.45) is 4.99 Å². The van der Waals surface area contributed by atoms with Gasteiger partial charge in [-0.05, 0) is 37.1 Å². The largest absolute Gasteiger partial charge is 0.479 e. The number of piperazine rings is 1. The molecule has 32 heavy (non-hydrogen) atoms. The third kappa shape index (κ3) is 4.63. The number of anilines is 1. The standard InChI is InChI=1S/C24H27ClN4O3/c25-19-8-3-2-7-18(19)22(30)29-15-13-28(14-16-29)21-9-6-12-26-20(21)17-27-24(23(31)32)10-4-1-5-11-24/h2-3,6-9,12,17H,1,4-5,10-11,13-16H2,(H,31,32). The number of carboxylic acid groups (broad SMARTS) is 1. The maximum Gasteiger partial charge on any atom is 0.331 e. The van der Waals surface area contributed by atoms with E-state index in [2.05, 4.69) is 14.9 Å². The van der Waals surface area contributed by atoms with Crippen molar-refractivity contribution in [3.05, 3.63) is 58.9 Å². The number of aromatic nitrogens is 1. The van der Waals surface area contributed by atoms with Crippen LogP contribution in [0.1, 0.15) is 48.2 Å². The lowest BCUT2D eigenvalue weighted by Crippen LogP contribution is -2.49. The summed E-state index contributed by atoms with van der Waals surface area (Å²) in [4.78, 5) is 37.7. The zero-order valence-corrected chi connectivity index (χ0v) is 18.7. The predicted molar refractivity (Wildman–Crippen MR) is 125 cm³/mol. The Morgan fingerprint density at radius 2 is 1.75 bits per heavy atom. The highest BCUT2D eigenvalue weighted by Crippen LogP contribution is 2.32. The minimum atomic E-state index is -1.05. The quantitative estimate of drug-likeness (QED) is 0.692. The zero-order valence-electron chi connectivity index (χ0n) is 17.9. The Kier molecular flexibility index (Phi) is 6.74. The highest BCUT2D eigenvalue weighted by Gasteiger charge is 2.39. The van der Waals surface area contributed by atoms with Gasteiger partial charge in [0, 0.05) is 32.4 Å². The summed E-state index contributed by atoms with van der Waals surface area (Å²) in [5.74, 6) is -0.929. The SMILES string of the molecule is O=C(c1ccccc1Cl)N1CCN(c2cccnc2C=NC2(C(=O)O)CCCCC2)CC1. The Balaban J connectivity index is 1.47. The number of hydrogen-bond acceptors (Lipinski definition) is 5. The smallest absolute Gasteiger partial charge is 0.331 e. The van der Waals surface area contributed by atoms with Gasteiger partial charge in [0.15, 0.2) is 5.54 Å². The lowest BCUT2D eigenvalue weighted by atomic mass is 9.82. The first-order valence-corrected chi connectivity index (χ1v) is 11.4. The van der Waals surface area contributed by atoms with Crippen LogP contribution in [0.25, 0.3) is 0 Å². The van der Waals surface area contributed by atoms with Crippen LogP contribution in [0.4, 0.5) is 5.69 Å². The third-order valence-electron chi connectivity index (χ3n) is 6.34. The second-order valence-electron chi connectivity index (χ2n) is 8.32. The molecule has 0 radical (unpaired) electrons. The van der Waals surface area contributed by atoms with Crippen LogP contribution in [0.5, 0.6) is 0 Å². The molecule has 1 saturated heterocycles. The Morgan fingerprint density at radius 1 is 1.03 bits per heavy atom. The van der Waals surface area contributed by atoms with Gasteiger partial charge >= 0.3 is 5.97 Å². The third-order valence-corrected chi connectivity index (χ3v) is 6.67. The van der Waals surface area contributed by atoms with E-state index in [1.54, 1.807) is 24.5 Å². The first-order valence-electron chi connectivity index (χ1n) is 11.0. The van der Waals surface area contributed by atoms with Gasteiger partial charge in [-0.2, -0.15) is 0 Å². The molecule has 1 aliphatic heterocycles. The fraction of sp³-hybridized carbons (Fsp3) is 0.417. The number of nitrogens with zero attached hydrogens (tertiary/aromatic N) is 4. The Morgan fingerprint density at radius 3 is 2.44 bits per heavy atom. The van der Waals surface area contributed by atoms with Crippen LogP contribution in [-0.4, -0.2) is 64.8 Å². The second-order valence-corrected chi connectivity index (χ2v) is 8.73. The minimum absolute atomic E-state index is 0.0658. The first-order chi connectivity index (χ1) is 15.5. The number of pyridine rings is 1. The zero-order chi connectivity index (χ0) is 22.6. The molecule has 0 spiro atoms. The summed E-state index contributed by atoms with van der Waals surface area (Å²) in [5, 5.41) is 10.2. The molecular weight excluding hydrogens is 428 g/mol. The summed E-state index contributed by atoms with van der Waals surface area (Å²) in [5.41, 5.74) is 1.03. The monoisotopic (exact) mass is 454 g/mol. The molecule has 1 aromatic carbocycles. The van der Waals surface area contributed by atoms with E-state index in [9.17, 15) is 14.7 Å². The van der Waals surface area contributed by atoms with Gasteiger partial charge in [-0.1, -0.05) is 43.0 Å². The van der Waals surface area contributed by atoms with Crippen molar-refractivity contribution >= 4 is 35.4 Å². The average molecular weight is 455 g/mol. The van der Waals surface area contributed by atoms with Crippen LogP contribution in [0, 0.1) is 0 Å². The van der Waals surface area contributed by atoms with Crippen molar-refractivity contribution in [1.82, 2.24) is 9.88 Å². The van der Waals surface area contributed by atoms with E-state index in [0.717, 1.165) is 24.9 Å². The molecule has 0 unspecified atom stereocenters. The van der Waals surface area contributed by atoms with Gasteiger partial charge in [0.05, 0.1) is 22.5 Å². The number of halogens is 1. The molecule has 1 amide bonds. The molecule has 0 bridgehead atoms. The number of carbonyl (C=O) groups is 2. The van der Waals surface area contributed by atoms with Gasteiger partial charge in [-0.25, -0.2) is 4.79 Å². The van der Waals surface area contributed by atoms with Crippen molar-refractivity contribution < 1.29 is 14.7 Å². The molecule has 1 saturated carbocycles. The molecule has 2 aliphatic rings. The lowest BCUT2D eigenvalue weighted by molar-refractivity contribution is -0.144. The number of aliphatic carboxylic acids is 1. The summed E-state index contributed by atoms with van der Waals surface area (Å²) in [6, 6.07) is 10.9. The van der Waals surface area contributed by atoms with E-state index in [-0.39, 0.29) is 5.91 Å². The van der Waals surface area contributed by atoms with Crippen LogP contribution in [0.2, 0.25) is 5.02 Å². The summed E-state index contributed by atoms with van der Waals surface area (Å²) in [7, 11) is 0. The molecule has 2 heterocycles. The number of aliphatic imine (C=N–C) groups is 1. The second kappa shape index (κ2) is 9.69. The number of hydrogen-bond donors (Lipinski definition) is 1. The molecule has 8 heteroatoms. The summed E-state index contributed by atoms with van der Waals surface area (Å²) in [6.45, 7) is 2.42. The number of carbonyl (C=O) groups excluding carboxylic acids is 1. The van der Waals surface area contributed by atoms with Gasteiger partial charge in [0.1, 0.15) is 5.69 Å². The van der Waals surface area contributed by atoms with Crippen LogP contribution < -0.4 is 4.90 Å². The van der Waals surface area contributed by atoms with Gasteiger partial charge in [0.25, 0.3) is 5.91 Å². The fourth-order valence-electron chi connectivity index (χ4n) is 4.45. The van der Waals surface area contributed by atoms with Crippen molar-refractivity contribution in [1.29, 1.82) is 0 Å². The van der Waals surface area contributed by atoms with E-state index in [4.69, 9.17) is 11.6 Å². The lowest BCUT2D eigenvalue weighted by Gasteiger charge is -2.36. The highest BCUT2D eigenvalue weighted by molar-refractivity contribution is 6.33. The molecule has 7 nitrogen and oxygen atoms in total. The summed E-state index contributed by atoms with van der Waals surface area (Å²) in [6.07, 6.45) is 7.23. The molecule has 2 aromatic rings. The van der Waals surface area contributed by atoms with E-state index in [1.165, 1.54) is 0 Å². The number of amides is 1. The van der Waals surface area contributed by atoms with Crippen molar-refractivity contribution in [2.45, 2.75) is 37.6 Å². The van der Waals surface area contributed by atoms with Crippen molar-refractivity contribution in [3.63, 3.8) is 0 Å². The number of rotatable bonds is 5. The Hall–Kier alpha value is -2.93. The number of benzene rings is 1. The molecule has 1 N–H and O–H groups in total. The Labute approximate surface area is 192 Å². The van der Waals surface area contributed by atoms with Gasteiger partial charge in [-0.3, -0.25) is 14.8 Å². The van der Waals surface area contributed by atoms with Crippen LogP contribution >= 0.6 is 11.6 Å². The minimum Gasteiger partial charge on any atom is -0.479 e. The van der Waals surface area contributed by atoms with E-state index in [1.807, 2.05) is 29.2 Å². The fourth-order valence-corrected chi connectivity index (χ4v) is 4.67. The first kappa shape index (κ1) is 22.3. The average Bonchev–Trinajstić information content (AvgIpc) is 2.83. The predicted octanol–water partition coefficient (Wildman–Crippen LogP) is 3.90. The molecule has 1 aromatic heterocycles. The highest BCUT2D eigenvalue weighted by atomic mass is 35.5. The number of carboxylic acids is 1. The molecular formula is C24H27ClN4O3. The Bertz CT molecular complexity index is 1010. The maximum atomic E-state index is 12.8. The van der Waals surface area contributed by atoms with Crippen molar-refractivity contribution in [3.8, 4) is 0 Å². The molecule has 168 valence electrons. The van der Waals surface area contributed by atoms with E-state index in [0.29, 0.717) is 55.3 Å². The summed E-state index contributed by atoms with van der Waals surface area (Å²) >= 11 is 6.19. The molecule has 4 rings (SSSR count). The van der Waals surface area contributed by atoms with Crippen LogP contribution in [-0.2, 0) is 4.79 Å². The summed E-state index contributed by atoms with van der Waals surface area (Å²) < 4.78 is 0.